The summed E-state index contributed by atoms with van der Waals surface area (Å²) < 4.78 is 0. The number of hydrogen-bond donors (Lipinski definition) is 2. The molecule has 5 heteroatoms. The highest BCUT2D eigenvalue weighted by atomic mass is 35.5. The van der Waals surface area contributed by atoms with E-state index in [9.17, 15) is 0 Å². The number of imidazole rings is 1. The van der Waals surface area contributed by atoms with Crippen LogP contribution in [0.1, 0.15) is 29.8 Å². The van der Waals surface area contributed by atoms with Gasteiger partial charge in [0.05, 0.1) is 17.1 Å². The van der Waals surface area contributed by atoms with Crippen molar-refractivity contribution in [3.63, 3.8) is 0 Å². The second-order valence-electron chi connectivity index (χ2n) is 7.78. The van der Waals surface area contributed by atoms with Crippen LogP contribution in [-0.2, 0) is 0 Å². The molecule has 0 saturated carbocycles. The number of hydrogen-bond acceptors (Lipinski definition) is 3. The summed E-state index contributed by atoms with van der Waals surface area (Å²) in [6.07, 6.45) is 1.83. The summed E-state index contributed by atoms with van der Waals surface area (Å²) in [5.41, 5.74) is 6.75. The smallest absolute Gasteiger partial charge is 0.201 e. The largest absolute Gasteiger partial charge is 0.349 e. The summed E-state index contributed by atoms with van der Waals surface area (Å²) in [6, 6.07) is 28.1. The Balaban J connectivity index is 1.31. The molecule has 0 radical (unpaired) electrons. The minimum atomic E-state index is 0.146. The van der Waals surface area contributed by atoms with Gasteiger partial charge in [0, 0.05) is 22.3 Å². The average molecular weight is 449 g/mol. The van der Waals surface area contributed by atoms with E-state index >= 15 is 0 Å². The highest BCUT2D eigenvalue weighted by molar-refractivity contribution is 6.30. The molecule has 0 spiro atoms. The van der Waals surface area contributed by atoms with Gasteiger partial charge in [-0.1, -0.05) is 66.1 Å². The Morgan fingerprint density at radius 3 is 2.42 bits per heavy atom. The highest BCUT2D eigenvalue weighted by Crippen LogP contribution is 2.22. The Labute approximate surface area is 197 Å². The van der Waals surface area contributed by atoms with E-state index in [1.54, 1.807) is 0 Å². The second-order valence-corrected chi connectivity index (χ2v) is 8.22. The zero-order valence-electron chi connectivity index (χ0n) is 18.0. The van der Waals surface area contributed by atoms with Gasteiger partial charge in [0.25, 0.3) is 0 Å². The van der Waals surface area contributed by atoms with E-state index in [1.165, 1.54) is 5.56 Å². The molecule has 0 aliphatic heterocycles. The van der Waals surface area contributed by atoms with Crippen LogP contribution >= 0.6 is 11.6 Å². The van der Waals surface area contributed by atoms with Crippen LogP contribution in [0.15, 0.2) is 91.1 Å². The van der Waals surface area contributed by atoms with Crippen LogP contribution in [0.3, 0.4) is 0 Å². The van der Waals surface area contributed by atoms with Crippen molar-refractivity contribution in [3.8, 4) is 23.0 Å². The first-order valence-corrected chi connectivity index (χ1v) is 11.1. The molecule has 5 aromatic rings. The summed E-state index contributed by atoms with van der Waals surface area (Å²) in [4.78, 5) is 12.5. The predicted octanol–water partition coefficient (Wildman–Crippen LogP) is 6.85. The van der Waals surface area contributed by atoms with Crippen LogP contribution in [0.25, 0.3) is 22.2 Å². The molecule has 0 fully saturated rings. The van der Waals surface area contributed by atoms with E-state index < -0.39 is 0 Å². The average Bonchev–Trinajstić information content (AvgIpc) is 3.25. The number of nitrogens with one attached hydrogen (secondary N) is 2. The number of fused-ring (bicyclic) bond motifs is 1. The maximum absolute atomic E-state index is 5.97. The highest BCUT2D eigenvalue weighted by Gasteiger charge is 2.08. The molecule has 160 valence electrons. The van der Waals surface area contributed by atoms with Crippen LogP contribution in [0.4, 0.5) is 5.95 Å². The quantitative estimate of drug-likeness (QED) is 0.295. The molecule has 2 N–H and O–H groups in total. The third kappa shape index (κ3) is 4.90. The first kappa shape index (κ1) is 20.8. The lowest BCUT2D eigenvalue weighted by Crippen LogP contribution is -2.07. The van der Waals surface area contributed by atoms with E-state index in [4.69, 9.17) is 11.6 Å². The van der Waals surface area contributed by atoms with Crippen molar-refractivity contribution in [1.82, 2.24) is 15.0 Å². The zero-order chi connectivity index (χ0) is 22.6. The van der Waals surface area contributed by atoms with Crippen molar-refractivity contribution in [1.29, 1.82) is 0 Å². The SMILES string of the molecule is C[C@@H](Nc1nc2cc(C#Cc3ccc(-c4ccc(Cl)cc4)cn3)ccc2[nH]1)c1ccccc1. The molecular weight excluding hydrogens is 428 g/mol. The molecule has 3 aromatic carbocycles. The van der Waals surface area contributed by atoms with E-state index in [0.717, 1.165) is 38.7 Å². The molecule has 0 bridgehead atoms. The lowest BCUT2D eigenvalue weighted by atomic mass is 10.1. The first-order valence-electron chi connectivity index (χ1n) is 10.7. The number of rotatable bonds is 4. The summed E-state index contributed by atoms with van der Waals surface area (Å²) in [6.45, 7) is 2.12. The molecular formula is C28H21ClN4. The van der Waals surface area contributed by atoms with E-state index in [1.807, 2.05) is 79.0 Å². The van der Waals surface area contributed by atoms with Crippen LogP contribution in [0, 0.1) is 11.8 Å². The van der Waals surface area contributed by atoms with Crippen LogP contribution in [-0.4, -0.2) is 15.0 Å². The van der Waals surface area contributed by atoms with Gasteiger partial charge in [0.15, 0.2) is 0 Å². The fraction of sp³-hybridized carbons (Fsp3) is 0.0714. The van der Waals surface area contributed by atoms with Gasteiger partial charge in [-0.25, -0.2) is 9.97 Å². The predicted molar refractivity (Wildman–Crippen MR) is 135 cm³/mol. The fourth-order valence-corrected chi connectivity index (χ4v) is 3.73. The van der Waals surface area contributed by atoms with Crippen molar-refractivity contribution >= 4 is 28.6 Å². The van der Waals surface area contributed by atoms with Crippen molar-refractivity contribution < 1.29 is 0 Å². The molecule has 0 aliphatic rings. The maximum atomic E-state index is 5.97. The topological polar surface area (TPSA) is 53.6 Å². The van der Waals surface area contributed by atoms with E-state index in [-0.39, 0.29) is 6.04 Å². The van der Waals surface area contributed by atoms with Crippen molar-refractivity contribution in [3.05, 3.63) is 113 Å². The minimum Gasteiger partial charge on any atom is -0.349 e. The third-order valence-electron chi connectivity index (χ3n) is 5.41. The first-order chi connectivity index (χ1) is 16.1. The number of benzene rings is 3. The Morgan fingerprint density at radius 2 is 1.67 bits per heavy atom. The molecule has 0 unspecified atom stereocenters. The normalized spacial score (nSPS) is 11.6. The maximum Gasteiger partial charge on any atom is 0.201 e. The van der Waals surface area contributed by atoms with E-state index in [0.29, 0.717) is 5.69 Å². The van der Waals surface area contributed by atoms with Gasteiger partial charge in [-0.3, -0.25) is 0 Å². The molecule has 5 rings (SSSR count). The number of H-pyrrole nitrogens is 1. The van der Waals surface area contributed by atoms with Crippen molar-refractivity contribution in [2.45, 2.75) is 13.0 Å². The third-order valence-corrected chi connectivity index (χ3v) is 5.66. The fourth-order valence-electron chi connectivity index (χ4n) is 3.60. The summed E-state index contributed by atoms with van der Waals surface area (Å²) in [5.74, 6) is 7.07. The monoisotopic (exact) mass is 448 g/mol. The van der Waals surface area contributed by atoms with Gasteiger partial charge in [0.1, 0.15) is 5.69 Å². The molecule has 0 saturated heterocycles. The van der Waals surface area contributed by atoms with Crippen LogP contribution in [0.5, 0.6) is 0 Å². The molecule has 2 heterocycles. The molecule has 0 aliphatic carbocycles. The van der Waals surface area contributed by atoms with Gasteiger partial charge in [-0.15, -0.1) is 0 Å². The second kappa shape index (κ2) is 9.20. The van der Waals surface area contributed by atoms with Gasteiger partial charge < -0.3 is 10.3 Å². The minimum absolute atomic E-state index is 0.146. The van der Waals surface area contributed by atoms with Gasteiger partial charge >= 0.3 is 0 Å². The number of anilines is 1. The standard InChI is InChI=1S/C28H21ClN4/c1-19(21-5-3-2-4-6-21)31-28-32-26-16-8-20(17-27(26)33-28)7-14-25-15-11-23(18-30-25)22-9-12-24(29)13-10-22/h2-6,8-13,15-19H,1H3,(H2,31,32,33)/t19-/m1/s1. The van der Waals surface area contributed by atoms with Crippen molar-refractivity contribution in [2.24, 2.45) is 0 Å². The van der Waals surface area contributed by atoms with Crippen molar-refractivity contribution in [2.75, 3.05) is 5.32 Å². The molecule has 2 aromatic heterocycles. The Hall–Kier alpha value is -4.07. The molecule has 4 nitrogen and oxygen atoms in total. The lowest BCUT2D eigenvalue weighted by Gasteiger charge is -2.12. The molecule has 0 amide bonds. The number of pyridine rings is 1. The van der Waals surface area contributed by atoms with Crippen LogP contribution in [0.2, 0.25) is 5.02 Å². The number of aromatic nitrogens is 3. The summed E-state index contributed by atoms with van der Waals surface area (Å²) in [7, 11) is 0. The summed E-state index contributed by atoms with van der Waals surface area (Å²) >= 11 is 5.97. The van der Waals surface area contributed by atoms with Gasteiger partial charge in [-0.2, -0.15) is 0 Å². The Morgan fingerprint density at radius 1 is 0.879 bits per heavy atom. The number of halogens is 1. The number of aromatic amines is 1. The zero-order valence-corrected chi connectivity index (χ0v) is 18.8. The van der Waals surface area contributed by atoms with Gasteiger partial charge in [0.2, 0.25) is 5.95 Å². The molecule has 1 atom stereocenters. The van der Waals surface area contributed by atoms with Crippen LogP contribution < -0.4 is 5.32 Å². The summed E-state index contributed by atoms with van der Waals surface area (Å²) in [5, 5.41) is 4.15. The Bertz CT molecular complexity index is 1440. The Kier molecular flexibility index (Phi) is 5.80. The van der Waals surface area contributed by atoms with Gasteiger partial charge in [-0.05, 0) is 60.4 Å². The lowest BCUT2D eigenvalue weighted by molar-refractivity contribution is 0.869. The molecule has 33 heavy (non-hydrogen) atoms. The van der Waals surface area contributed by atoms with E-state index in [2.05, 4.69) is 51.2 Å². The number of nitrogens with zero attached hydrogens (tertiary/aromatic N) is 2.